The van der Waals surface area contributed by atoms with Gasteiger partial charge in [-0.05, 0) is 42.2 Å². The number of hydrogen-bond donors (Lipinski definition) is 1. The third-order valence-corrected chi connectivity index (χ3v) is 4.04. The highest BCUT2D eigenvalue weighted by Gasteiger charge is 2.30. The summed E-state index contributed by atoms with van der Waals surface area (Å²) in [6.07, 6.45) is 1.21. The molecule has 0 spiro atoms. The van der Waals surface area contributed by atoms with Crippen LogP contribution in [0.15, 0.2) is 54.6 Å². The molecule has 3 heteroatoms. The first-order valence-electron chi connectivity index (χ1n) is 7.44. The minimum atomic E-state index is -0.0757. The molecule has 0 amide bonds. The first-order valence-corrected chi connectivity index (χ1v) is 7.44. The van der Waals surface area contributed by atoms with Crippen molar-refractivity contribution in [1.82, 2.24) is 0 Å². The van der Waals surface area contributed by atoms with Gasteiger partial charge in [-0.15, -0.1) is 0 Å². The maximum Gasteiger partial charge on any atom is 0.127 e. The fraction of sp³-hybridized carbons (Fsp3) is 0.333. The molecule has 110 valence electrons. The quantitative estimate of drug-likeness (QED) is 0.925. The normalized spacial score (nSPS) is 23.0. The van der Waals surface area contributed by atoms with Gasteiger partial charge in [0.1, 0.15) is 11.5 Å². The molecule has 2 aromatic carbocycles. The van der Waals surface area contributed by atoms with Crippen LogP contribution in [-0.2, 0) is 4.74 Å². The Morgan fingerprint density at radius 3 is 2.33 bits per heavy atom. The van der Waals surface area contributed by atoms with Gasteiger partial charge in [0.15, 0.2) is 0 Å². The fourth-order valence-electron chi connectivity index (χ4n) is 2.75. The number of para-hydroxylation sites is 1. The van der Waals surface area contributed by atoms with Crippen molar-refractivity contribution in [3.05, 3.63) is 60.2 Å². The Labute approximate surface area is 125 Å². The van der Waals surface area contributed by atoms with Crippen molar-refractivity contribution in [1.29, 1.82) is 0 Å². The lowest BCUT2D eigenvalue weighted by Gasteiger charge is -2.22. The Hall–Kier alpha value is -1.84. The van der Waals surface area contributed by atoms with E-state index >= 15 is 0 Å². The monoisotopic (exact) mass is 283 g/mol. The summed E-state index contributed by atoms with van der Waals surface area (Å²) >= 11 is 0. The van der Waals surface area contributed by atoms with Gasteiger partial charge >= 0.3 is 0 Å². The SMILES string of the molecule is CC1CCOC1C(N)c1ccc(Oc2ccccc2)cc1. The predicted molar refractivity (Wildman–Crippen MR) is 83.4 cm³/mol. The number of rotatable bonds is 4. The van der Waals surface area contributed by atoms with E-state index in [0.717, 1.165) is 30.1 Å². The van der Waals surface area contributed by atoms with Crippen molar-refractivity contribution in [3.63, 3.8) is 0 Å². The smallest absolute Gasteiger partial charge is 0.127 e. The van der Waals surface area contributed by atoms with Crippen molar-refractivity contribution in [2.75, 3.05) is 6.61 Å². The van der Waals surface area contributed by atoms with Gasteiger partial charge in [0.05, 0.1) is 12.1 Å². The molecule has 1 saturated heterocycles. The van der Waals surface area contributed by atoms with Gasteiger partial charge in [0, 0.05) is 6.61 Å². The van der Waals surface area contributed by atoms with Crippen LogP contribution in [-0.4, -0.2) is 12.7 Å². The van der Waals surface area contributed by atoms with Gasteiger partial charge in [-0.2, -0.15) is 0 Å². The van der Waals surface area contributed by atoms with Crippen molar-refractivity contribution < 1.29 is 9.47 Å². The molecule has 0 bridgehead atoms. The van der Waals surface area contributed by atoms with Crippen LogP contribution in [0, 0.1) is 5.92 Å². The highest BCUT2D eigenvalue weighted by Crippen LogP contribution is 2.31. The molecule has 3 unspecified atom stereocenters. The summed E-state index contributed by atoms with van der Waals surface area (Å²) in [4.78, 5) is 0. The zero-order valence-corrected chi connectivity index (χ0v) is 12.2. The molecule has 1 aliphatic heterocycles. The number of ether oxygens (including phenoxy) is 2. The molecule has 2 N–H and O–H groups in total. The van der Waals surface area contributed by atoms with E-state index in [1.54, 1.807) is 0 Å². The molecule has 2 aromatic rings. The van der Waals surface area contributed by atoms with Crippen LogP contribution < -0.4 is 10.5 Å². The standard InChI is InChI=1S/C18H21NO2/c1-13-11-12-20-18(13)17(19)14-7-9-16(10-8-14)21-15-5-3-2-4-6-15/h2-10,13,17-18H,11-12,19H2,1H3. The molecule has 0 aliphatic carbocycles. The van der Waals surface area contributed by atoms with Crippen molar-refractivity contribution in [3.8, 4) is 11.5 Å². The Morgan fingerprint density at radius 2 is 1.71 bits per heavy atom. The highest BCUT2D eigenvalue weighted by atomic mass is 16.5. The molecule has 1 aliphatic rings. The second-order valence-electron chi connectivity index (χ2n) is 5.61. The fourth-order valence-corrected chi connectivity index (χ4v) is 2.75. The second kappa shape index (κ2) is 6.29. The average molecular weight is 283 g/mol. The summed E-state index contributed by atoms with van der Waals surface area (Å²) in [7, 11) is 0. The minimum absolute atomic E-state index is 0.0757. The van der Waals surface area contributed by atoms with Gasteiger partial charge in [0.2, 0.25) is 0 Å². The zero-order chi connectivity index (χ0) is 14.7. The predicted octanol–water partition coefficient (Wildman–Crippen LogP) is 3.90. The first kappa shape index (κ1) is 14.1. The number of hydrogen-bond acceptors (Lipinski definition) is 3. The van der Waals surface area contributed by atoms with Crippen LogP contribution in [0.5, 0.6) is 11.5 Å². The Morgan fingerprint density at radius 1 is 1.05 bits per heavy atom. The Balaban J connectivity index is 1.69. The largest absolute Gasteiger partial charge is 0.457 e. The summed E-state index contributed by atoms with van der Waals surface area (Å²) in [6.45, 7) is 3.01. The van der Waals surface area contributed by atoms with E-state index < -0.39 is 0 Å². The maximum absolute atomic E-state index is 6.33. The first-order chi connectivity index (χ1) is 10.2. The van der Waals surface area contributed by atoms with Gasteiger partial charge in [0.25, 0.3) is 0 Å². The lowest BCUT2D eigenvalue weighted by molar-refractivity contribution is 0.0725. The van der Waals surface area contributed by atoms with E-state index in [0.29, 0.717) is 5.92 Å². The molecule has 21 heavy (non-hydrogen) atoms. The van der Waals surface area contributed by atoms with E-state index in [-0.39, 0.29) is 12.1 Å². The highest BCUT2D eigenvalue weighted by molar-refractivity contribution is 5.34. The second-order valence-corrected chi connectivity index (χ2v) is 5.61. The number of benzene rings is 2. The molecule has 3 rings (SSSR count). The van der Waals surface area contributed by atoms with Crippen LogP contribution in [0.1, 0.15) is 24.9 Å². The maximum atomic E-state index is 6.33. The van der Waals surface area contributed by atoms with Gasteiger partial charge in [-0.3, -0.25) is 0 Å². The van der Waals surface area contributed by atoms with Gasteiger partial charge in [-0.25, -0.2) is 0 Å². The summed E-state index contributed by atoms with van der Waals surface area (Å²) in [5.74, 6) is 2.17. The van der Waals surface area contributed by atoms with Crippen molar-refractivity contribution in [2.24, 2.45) is 11.7 Å². The molecule has 0 saturated carbocycles. The van der Waals surface area contributed by atoms with Crippen molar-refractivity contribution in [2.45, 2.75) is 25.5 Å². The van der Waals surface area contributed by atoms with Gasteiger partial charge < -0.3 is 15.2 Å². The van der Waals surface area contributed by atoms with Crippen LogP contribution in [0.2, 0.25) is 0 Å². The lowest BCUT2D eigenvalue weighted by atomic mass is 9.93. The van der Waals surface area contributed by atoms with Gasteiger partial charge in [-0.1, -0.05) is 37.3 Å². The van der Waals surface area contributed by atoms with Crippen molar-refractivity contribution >= 4 is 0 Å². The molecule has 1 fully saturated rings. The summed E-state index contributed by atoms with van der Waals surface area (Å²) in [5.41, 5.74) is 7.42. The molecule has 3 nitrogen and oxygen atoms in total. The molecule has 1 heterocycles. The third-order valence-electron chi connectivity index (χ3n) is 4.04. The summed E-state index contributed by atoms with van der Waals surface area (Å²) in [6, 6.07) is 17.7. The lowest BCUT2D eigenvalue weighted by Crippen LogP contribution is -2.29. The van der Waals surface area contributed by atoms with E-state index in [9.17, 15) is 0 Å². The van der Waals surface area contributed by atoms with E-state index in [4.69, 9.17) is 15.2 Å². The topological polar surface area (TPSA) is 44.5 Å². The number of nitrogens with two attached hydrogens (primary N) is 1. The molecular formula is C18H21NO2. The minimum Gasteiger partial charge on any atom is -0.457 e. The van der Waals surface area contributed by atoms with Crippen LogP contribution in [0.25, 0.3) is 0 Å². The van der Waals surface area contributed by atoms with Crippen LogP contribution >= 0.6 is 0 Å². The Bertz CT molecular complexity index is 568. The van der Waals surface area contributed by atoms with E-state index in [1.165, 1.54) is 0 Å². The van der Waals surface area contributed by atoms with Crippen LogP contribution in [0.3, 0.4) is 0 Å². The summed E-state index contributed by atoms with van der Waals surface area (Å²) < 4.78 is 11.5. The van der Waals surface area contributed by atoms with E-state index in [2.05, 4.69) is 6.92 Å². The van der Waals surface area contributed by atoms with E-state index in [1.807, 2.05) is 54.6 Å². The molecular weight excluding hydrogens is 262 g/mol. The Kier molecular flexibility index (Phi) is 4.23. The summed E-state index contributed by atoms with van der Waals surface area (Å²) in [5, 5.41) is 0. The molecule has 0 aromatic heterocycles. The molecule has 3 atom stereocenters. The molecule has 0 radical (unpaired) electrons. The third kappa shape index (κ3) is 3.26. The van der Waals surface area contributed by atoms with Crippen LogP contribution in [0.4, 0.5) is 0 Å². The zero-order valence-electron chi connectivity index (χ0n) is 12.2. The average Bonchev–Trinajstić information content (AvgIpc) is 2.94.